The van der Waals surface area contributed by atoms with Gasteiger partial charge in [0.25, 0.3) is 0 Å². The average Bonchev–Trinajstić information content (AvgIpc) is 2.40. The number of likely N-dealkylation sites (tertiary alicyclic amines) is 1. The van der Waals surface area contributed by atoms with Gasteiger partial charge in [0.1, 0.15) is 5.60 Å². The molecule has 1 amide bonds. The lowest BCUT2D eigenvalue weighted by Gasteiger charge is -2.36. The number of alkyl halides is 3. The van der Waals surface area contributed by atoms with Crippen molar-refractivity contribution >= 4 is 17.9 Å². The first-order valence-electron chi connectivity index (χ1n) is 7.90. The second-order valence-electron chi connectivity index (χ2n) is 6.87. The molecule has 2 atom stereocenters. The number of piperidine rings is 1. The van der Waals surface area contributed by atoms with Gasteiger partial charge < -0.3 is 15.0 Å². The Balaban J connectivity index is 2.37. The van der Waals surface area contributed by atoms with Gasteiger partial charge in [0.15, 0.2) is 0 Å². The van der Waals surface area contributed by atoms with Crippen LogP contribution in [0, 0.1) is 5.92 Å². The monoisotopic (exact) mass is 356 g/mol. The van der Waals surface area contributed by atoms with Gasteiger partial charge in [0, 0.05) is 31.4 Å². The predicted octanol–water partition coefficient (Wildman–Crippen LogP) is 3.86. The molecule has 0 aromatic heterocycles. The predicted molar refractivity (Wildman–Crippen MR) is 86.5 cm³/mol. The third-order valence-corrected chi connectivity index (χ3v) is 4.39. The molecule has 8 heteroatoms. The van der Waals surface area contributed by atoms with Gasteiger partial charge in [-0.1, -0.05) is 0 Å². The largest absolute Gasteiger partial charge is 0.444 e. The topological polar surface area (TPSA) is 41.6 Å². The molecular formula is C15H27F3N2O2S. The minimum Gasteiger partial charge on any atom is -0.444 e. The molecule has 0 aromatic rings. The average molecular weight is 356 g/mol. The Hall–Kier alpha value is -0.630. The van der Waals surface area contributed by atoms with E-state index in [2.05, 4.69) is 5.32 Å². The van der Waals surface area contributed by atoms with Crippen LogP contribution in [-0.4, -0.2) is 53.5 Å². The maximum absolute atomic E-state index is 12.1. The fourth-order valence-electron chi connectivity index (χ4n) is 2.53. The van der Waals surface area contributed by atoms with E-state index < -0.39 is 11.1 Å². The number of carbonyl (C=O) groups is 1. The van der Waals surface area contributed by atoms with Gasteiger partial charge in [-0.15, -0.1) is 0 Å². The molecule has 1 saturated heterocycles. The third-order valence-electron chi connectivity index (χ3n) is 3.65. The van der Waals surface area contributed by atoms with E-state index >= 15 is 0 Å². The highest BCUT2D eigenvalue weighted by atomic mass is 32.2. The molecule has 0 aromatic carbocycles. The van der Waals surface area contributed by atoms with E-state index in [1.807, 2.05) is 27.7 Å². The van der Waals surface area contributed by atoms with Gasteiger partial charge in [-0.25, -0.2) is 4.79 Å². The van der Waals surface area contributed by atoms with Crippen LogP contribution >= 0.6 is 11.8 Å². The zero-order chi connectivity index (χ0) is 17.7. The van der Waals surface area contributed by atoms with Gasteiger partial charge in [0.2, 0.25) is 0 Å². The van der Waals surface area contributed by atoms with Gasteiger partial charge in [-0.3, -0.25) is 0 Å². The van der Waals surface area contributed by atoms with Crippen molar-refractivity contribution in [3.8, 4) is 0 Å². The number of hydrogen-bond acceptors (Lipinski definition) is 4. The highest BCUT2D eigenvalue weighted by Crippen LogP contribution is 2.29. The third kappa shape index (κ3) is 8.69. The molecule has 0 bridgehead atoms. The van der Waals surface area contributed by atoms with Crippen molar-refractivity contribution in [2.45, 2.75) is 57.7 Å². The van der Waals surface area contributed by atoms with Crippen LogP contribution in [0.5, 0.6) is 0 Å². The standard InChI is InChI=1S/C15H27F3N2O2S/c1-11(19-7-9-23-15(16,17)18)12-6-5-8-20(10-12)13(21)22-14(2,3)4/h11-12,19H,5-10H2,1-4H3. The van der Waals surface area contributed by atoms with Crippen molar-refractivity contribution in [3.63, 3.8) is 0 Å². The Labute approximate surface area is 140 Å². The van der Waals surface area contributed by atoms with Crippen LogP contribution in [0.25, 0.3) is 0 Å². The van der Waals surface area contributed by atoms with E-state index in [4.69, 9.17) is 4.74 Å². The fraction of sp³-hybridized carbons (Fsp3) is 0.933. The molecule has 4 nitrogen and oxygen atoms in total. The van der Waals surface area contributed by atoms with Crippen molar-refractivity contribution in [3.05, 3.63) is 0 Å². The summed E-state index contributed by atoms with van der Waals surface area (Å²) in [5.41, 5.74) is -4.70. The molecule has 0 saturated carbocycles. The molecule has 1 heterocycles. The Bertz CT molecular complexity index is 386. The molecule has 136 valence electrons. The number of carbonyl (C=O) groups excluding carboxylic acids is 1. The first-order chi connectivity index (χ1) is 10.5. The zero-order valence-corrected chi connectivity index (χ0v) is 15.0. The summed E-state index contributed by atoms with van der Waals surface area (Å²) < 4.78 is 41.6. The van der Waals surface area contributed by atoms with Crippen LogP contribution in [0.15, 0.2) is 0 Å². The highest BCUT2D eigenvalue weighted by Gasteiger charge is 2.30. The SMILES string of the molecule is CC(NCCSC(F)(F)F)C1CCCN(C(=O)OC(C)(C)C)C1. The minimum absolute atomic E-state index is 0.00363. The molecule has 2 unspecified atom stereocenters. The van der Waals surface area contributed by atoms with Gasteiger partial charge >= 0.3 is 11.6 Å². The lowest BCUT2D eigenvalue weighted by molar-refractivity contribution is -0.0328. The lowest BCUT2D eigenvalue weighted by atomic mass is 9.92. The van der Waals surface area contributed by atoms with Gasteiger partial charge in [0.05, 0.1) is 0 Å². The number of nitrogens with one attached hydrogen (secondary N) is 1. The Kier molecular flexibility index (Phi) is 7.51. The Morgan fingerprint density at radius 1 is 1.39 bits per heavy atom. The van der Waals surface area contributed by atoms with E-state index in [0.29, 0.717) is 19.6 Å². The molecule has 23 heavy (non-hydrogen) atoms. The maximum atomic E-state index is 12.1. The smallest absolute Gasteiger partial charge is 0.441 e. The van der Waals surface area contributed by atoms with Crippen molar-refractivity contribution in [1.82, 2.24) is 10.2 Å². The number of nitrogens with zero attached hydrogens (tertiary/aromatic N) is 1. The van der Waals surface area contributed by atoms with Gasteiger partial charge in [-0.05, 0) is 58.2 Å². The summed E-state index contributed by atoms with van der Waals surface area (Å²) in [6.07, 6.45) is 1.52. The van der Waals surface area contributed by atoms with Crippen LogP contribution < -0.4 is 5.32 Å². The fourth-order valence-corrected chi connectivity index (χ4v) is 2.98. The zero-order valence-electron chi connectivity index (χ0n) is 14.2. The summed E-state index contributed by atoms with van der Waals surface area (Å²) in [6, 6.07) is 0.0640. The Morgan fingerprint density at radius 3 is 2.61 bits per heavy atom. The summed E-state index contributed by atoms with van der Waals surface area (Å²) in [5, 5.41) is 3.13. The van der Waals surface area contributed by atoms with Crippen LogP contribution in [0.3, 0.4) is 0 Å². The molecule has 1 fully saturated rings. The molecule has 1 rings (SSSR count). The lowest BCUT2D eigenvalue weighted by Crippen LogP contribution is -2.48. The van der Waals surface area contributed by atoms with E-state index in [0.717, 1.165) is 12.8 Å². The number of rotatable bonds is 5. The minimum atomic E-state index is -4.18. The summed E-state index contributed by atoms with van der Waals surface area (Å²) in [7, 11) is 0. The van der Waals surface area contributed by atoms with E-state index in [1.165, 1.54) is 0 Å². The maximum Gasteiger partial charge on any atom is 0.441 e. The molecule has 0 radical (unpaired) electrons. The normalized spacial score (nSPS) is 21.2. The summed E-state index contributed by atoms with van der Waals surface area (Å²) in [4.78, 5) is 13.8. The van der Waals surface area contributed by atoms with Crippen LogP contribution in [0.2, 0.25) is 0 Å². The number of hydrogen-bond donors (Lipinski definition) is 1. The van der Waals surface area contributed by atoms with E-state index in [1.54, 1.807) is 4.90 Å². The van der Waals surface area contributed by atoms with Crippen molar-refractivity contribution in [2.24, 2.45) is 5.92 Å². The van der Waals surface area contributed by atoms with Crippen LogP contribution in [0.4, 0.5) is 18.0 Å². The number of thioether (sulfide) groups is 1. The van der Waals surface area contributed by atoms with Crippen molar-refractivity contribution in [2.75, 3.05) is 25.4 Å². The van der Waals surface area contributed by atoms with Crippen molar-refractivity contribution < 1.29 is 22.7 Å². The Morgan fingerprint density at radius 2 is 2.04 bits per heavy atom. The number of halogens is 3. The molecule has 0 spiro atoms. The van der Waals surface area contributed by atoms with Crippen molar-refractivity contribution in [1.29, 1.82) is 0 Å². The van der Waals surface area contributed by atoms with Crippen LogP contribution in [0.1, 0.15) is 40.5 Å². The first kappa shape index (κ1) is 20.4. The molecule has 1 N–H and O–H groups in total. The first-order valence-corrected chi connectivity index (χ1v) is 8.88. The highest BCUT2D eigenvalue weighted by molar-refractivity contribution is 8.00. The molecule has 1 aliphatic heterocycles. The second kappa shape index (κ2) is 8.46. The second-order valence-corrected chi connectivity index (χ2v) is 8.03. The molecule has 1 aliphatic rings. The quantitative estimate of drug-likeness (QED) is 0.760. The summed E-state index contributed by atoms with van der Waals surface area (Å²) in [6.45, 7) is 8.99. The summed E-state index contributed by atoms with van der Waals surface area (Å²) >= 11 is -0.0130. The summed E-state index contributed by atoms with van der Waals surface area (Å²) in [5.74, 6) is 0.225. The molecular weight excluding hydrogens is 329 g/mol. The van der Waals surface area contributed by atoms with E-state index in [9.17, 15) is 18.0 Å². The number of ether oxygens (including phenoxy) is 1. The number of amides is 1. The van der Waals surface area contributed by atoms with E-state index in [-0.39, 0.29) is 35.6 Å². The molecule has 0 aliphatic carbocycles. The van der Waals surface area contributed by atoms with Crippen LogP contribution in [-0.2, 0) is 4.74 Å². The van der Waals surface area contributed by atoms with Gasteiger partial charge in [-0.2, -0.15) is 13.2 Å².